The van der Waals surface area contributed by atoms with Crippen LogP contribution in [-0.2, 0) is 6.42 Å². The molecule has 0 bridgehead atoms. The molecule has 2 rings (SSSR count). The van der Waals surface area contributed by atoms with E-state index >= 15 is 0 Å². The maximum atomic E-state index is 5.33. The molecular formula is C15H15O. The van der Waals surface area contributed by atoms with Crippen molar-refractivity contribution in [1.29, 1.82) is 0 Å². The molecule has 0 unspecified atom stereocenters. The third-order valence-corrected chi connectivity index (χ3v) is 2.77. The molecule has 81 valence electrons. The second kappa shape index (κ2) is 4.84. The van der Waals surface area contributed by atoms with Crippen molar-refractivity contribution in [2.45, 2.75) is 13.3 Å². The Hall–Kier alpha value is -1.76. The molecule has 1 heteroatoms. The average molecular weight is 211 g/mol. The van der Waals surface area contributed by atoms with Crippen LogP contribution in [0, 0.1) is 13.0 Å². The Labute approximate surface area is 96.7 Å². The minimum absolute atomic E-state index is 0.907. The zero-order valence-electron chi connectivity index (χ0n) is 9.66. The molecule has 16 heavy (non-hydrogen) atoms. The topological polar surface area (TPSA) is 9.23 Å². The summed E-state index contributed by atoms with van der Waals surface area (Å²) < 4.78 is 5.33. The van der Waals surface area contributed by atoms with E-state index in [1.807, 2.05) is 12.1 Å². The van der Waals surface area contributed by atoms with Crippen LogP contribution in [0.2, 0.25) is 0 Å². The molecule has 0 N–H and O–H groups in total. The van der Waals surface area contributed by atoms with Crippen LogP contribution in [-0.4, -0.2) is 7.11 Å². The van der Waals surface area contributed by atoms with E-state index in [9.17, 15) is 0 Å². The van der Waals surface area contributed by atoms with Crippen LogP contribution in [0.4, 0.5) is 0 Å². The molecule has 0 heterocycles. The van der Waals surface area contributed by atoms with Gasteiger partial charge in [-0.2, -0.15) is 0 Å². The predicted octanol–water partition coefficient (Wildman–Crippen LogP) is 3.39. The molecule has 0 aliphatic heterocycles. The van der Waals surface area contributed by atoms with Gasteiger partial charge >= 0.3 is 0 Å². The summed E-state index contributed by atoms with van der Waals surface area (Å²) in [5, 5.41) is 0. The number of methoxy groups -OCH3 is 1. The molecule has 0 amide bonds. The third kappa shape index (κ3) is 2.25. The molecular weight excluding hydrogens is 196 g/mol. The van der Waals surface area contributed by atoms with Crippen LogP contribution < -0.4 is 4.74 Å². The zero-order chi connectivity index (χ0) is 11.4. The molecule has 0 spiro atoms. The van der Waals surface area contributed by atoms with Crippen molar-refractivity contribution >= 4 is 0 Å². The summed E-state index contributed by atoms with van der Waals surface area (Å²) in [7, 11) is 1.70. The normalized spacial score (nSPS) is 10.1. The summed E-state index contributed by atoms with van der Waals surface area (Å²) in [4.78, 5) is 0. The third-order valence-electron chi connectivity index (χ3n) is 2.77. The van der Waals surface area contributed by atoms with E-state index < -0.39 is 0 Å². The maximum absolute atomic E-state index is 5.33. The van der Waals surface area contributed by atoms with Gasteiger partial charge in [-0.05, 0) is 35.7 Å². The molecule has 0 aromatic heterocycles. The van der Waals surface area contributed by atoms with Gasteiger partial charge in [0, 0.05) is 6.42 Å². The molecule has 1 nitrogen and oxygen atoms in total. The highest BCUT2D eigenvalue weighted by Crippen LogP contribution is 2.21. The van der Waals surface area contributed by atoms with Crippen LogP contribution in [0.3, 0.4) is 0 Å². The van der Waals surface area contributed by atoms with Crippen molar-refractivity contribution in [2.24, 2.45) is 0 Å². The van der Waals surface area contributed by atoms with E-state index in [0.29, 0.717) is 0 Å². The van der Waals surface area contributed by atoms with Gasteiger partial charge in [-0.15, -0.1) is 0 Å². The van der Waals surface area contributed by atoms with Crippen molar-refractivity contribution in [3.63, 3.8) is 0 Å². The quantitative estimate of drug-likeness (QED) is 0.756. The monoisotopic (exact) mass is 211 g/mol. The fraction of sp³-hybridized carbons (Fsp3) is 0.200. The van der Waals surface area contributed by atoms with E-state index in [1.54, 1.807) is 7.11 Å². The van der Waals surface area contributed by atoms with Gasteiger partial charge in [0.1, 0.15) is 5.75 Å². The van der Waals surface area contributed by atoms with Gasteiger partial charge in [0.15, 0.2) is 0 Å². The Bertz CT molecular complexity index is 474. The highest BCUT2D eigenvalue weighted by atomic mass is 16.5. The standard InChI is InChI=1S/C15H15O/c1-12-7-3-4-8-13(12)11-14-9-5-6-10-15(14)16-2/h3-5,7-10H,11H2,1-2H3. The van der Waals surface area contributed by atoms with Gasteiger partial charge in [-0.25, -0.2) is 0 Å². The first-order valence-electron chi connectivity index (χ1n) is 5.38. The first-order chi connectivity index (χ1) is 7.81. The molecule has 0 saturated carbocycles. The maximum Gasteiger partial charge on any atom is 0.123 e. The summed E-state index contributed by atoms with van der Waals surface area (Å²) >= 11 is 0. The average Bonchev–Trinajstić information content (AvgIpc) is 2.33. The number of ether oxygens (including phenoxy) is 1. The summed E-state index contributed by atoms with van der Waals surface area (Å²) in [6, 6.07) is 17.3. The number of hydrogen-bond acceptors (Lipinski definition) is 1. The number of aryl methyl sites for hydroxylation is 1. The largest absolute Gasteiger partial charge is 0.496 e. The molecule has 2 aromatic carbocycles. The summed E-state index contributed by atoms with van der Waals surface area (Å²) in [6.07, 6.45) is 0.907. The van der Waals surface area contributed by atoms with Crippen LogP contribution in [0.15, 0.2) is 42.5 Å². The zero-order valence-corrected chi connectivity index (χ0v) is 9.66. The molecule has 0 aliphatic carbocycles. The molecule has 0 fully saturated rings. The summed E-state index contributed by atoms with van der Waals surface area (Å²) in [5.74, 6) is 0.908. The van der Waals surface area contributed by atoms with E-state index in [4.69, 9.17) is 4.74 Å². The Balaban J connectivity index is 2.30. The first kappa shape index (κ1) is 10.7. The SMILES string of the molecule is COc1c[c]ccc1Cc1ccccc1C. The van der Waals surface area contributed by atoms with Gasteiger partial charge in [-0.1, -0.05) is 36.4 Å². The molecule has 0 saturated heterocycles. The fourth-order valence-corrected chi connectivity index (χ4v) is 1.80. The second-order valence-electron chi connectivity index (χ2n) is 3.84. The minimum atomic E-state index is 0.907. The molecule has 2 aromatic rings. The predicted molar refractivity (Wildman–Crippen MR) is 65.8 cm³/mol. The van der Waals surface area contributed by atoms with Gasteiger partial charge < -0.3 is 4.74 Å². The lowest BCUT2D eigenvalue weighted by molar-refractivity contribution is 0.410. The lowest BCUT2D eigenvalue weighted by atomic mass is 10.0. The van der Waals surface area contributed by atoms with E-state index in [1.165, 1.54) is 16.7 Å². The minimum Gasteiger partial charge on any atom is -0.496 e. The Morgan fingerprint density at radius 1 is 1.12 bits per heavy atom. The molecule has 0 aliphatic rings. The van der Waals surface area contributed by atoms with Gasteiger partial charge in [0.05, 0.1) is 7.11 Å². The van der Waals surface area contributed by atoms with Crippen LogP contribution in [0.1, 0.15) is 16.7 Å². The van der Waals surface area contributed by atoms with Crippen molar-refractivity contribution in [1.82, 2.24) is 0 Å². The van der Waals surface area contributed by atoms with Crippen LogP contribution in [0.25, 0.3) is 0 Å². The van der Waals surface area contributed by atoms with Gasteiger partial charge in [0.25, 0.3) is 0 Å². The van der Waals surface area contributed by atoms with E-state index in [2.05, 4.69) is 43.3 Å². The van der Waals surface area contributed by atoms with Crippen molar-refractivity contribution in [2.75, 3.05) is 7.11 Å². The summed E-state index contributed by atoms with van der Waals surface area (Å²) in [5.41, 5.74) is 3.86. The van der Waals surface area contributed by atoms with E-state index in [-0.39, 0.29) is 0 Å². The number of rotatable bonds is 3. The number of hydrogen-bond donors (Lipinski definition) is 0. The van der Waals surface area contributed by atoms with Crippen LogP contribution >= 0.6 is 0 Å². The fourth-order valence-electron chi connectivity index (χ4n) is 1.80. The van der Waals surface area contributed by atoms with Crippen molar-refractivity contribution in [3.8, 4) is 5.75 Å². The number of benzene rings is 2. The lowest BCUT2D eigenvalue weighted by Gasteiger charge is -2.09. The molecule has 1 radical (unpaired) electrons. The van der Waals surface area contributed by atoms with Gasteiger partial charge in [0.2, 0.25) is 0 Å². The van der Waals surface area contributed by atoms with Crippen molar-refractivity contribution in [3.05, 3.63) is 65.2 Å². The second-order valence-corrected chi connectivity index (χ2v) is 3.84. The smallest absolute Gasteiger partial charge is 0.123 e. The Morgan fingerprint density at radius 2 is 1.94 bits per heavy atom. The van der Waals surface area contributed by atoms with Crippen molar-refractivity contribution < 1.29 is 4.74 Å². The first-order valence-corrected chi connectivity index (χ1v) is 5.38. The van der Waals surface area contributed by atoms with Gasteiger partial charge in [-0.3, -0.25) is 0 Å². The molecule has 0 atom stereocenters. The highest BCUT2D eigenvalue weighted by Gasteiger charge is 2.04. The summed E-state index contributed by atoms with van der Waals surface area (Å²) in [6.45, 7) is 2.14. The Kier molecular flexibility index (Phi) is 3.25. The Morgan fingerprint density at radius 3 is 2.69 bits per heavy atom. The van der Waals surface area contributed by atoms with E-state index in [0.717, 1.165) is 12.2 Å². The van der Waals surface area contributed by atoms with Crippen LogP contribution in [0.5, 0.6) is 5.75 Å². The highest BCUT2D eigenvalue weighted by molar-refractivity contribution is 5.39. The lowest BCUT2D eigenvalue weighted by Crippen LogP contribution is -1.95.